The van der Waals surface area contributed by atoms with Gasteiger partial charge in [-0.15, -0.1) is 0 Å². The molecule has 0 saturated carbocycles. The predicted molar refractivity (Wildman–Crippen MR) is 64.6 cm³/mol. The fourth-order valence-corrected chi connectivity index (χ4v) is 1.32. The van der Waals surface area contributed by atoms with Crippen molar-refractivity contribution in [1.29, 1.82) is 0 Å². The molecule has 1 heteroatoms. The standard InChI is InChI=1S/C14H16O/c1-11(2)9-10-12(3)14(15)13-7-5-4-6-8-13/h4-5,7,9-10H,1,3,6,8H2,2H3/b10-9-. The topological polar surface area (TPSA) is 17.1 Å². The molecule has 0 bridgehead atoms. The Morgan fingerprint density at radius 3 is 2.67 bits per heavy atom. The molecule has 1 nitrogen and oxygen atoms in total. The van der Waals surface area contributed by atoms with Gasteiger partial charge in [0.2, 0.25) is 0 Å². The highest BCUT2D eigenvalue weighted by atomic mass is 16.1. The Morgan fingerprint density at radius 1 is 1.40 bits per heavy atom. The lowest BCUT2D eigenvalue weighted by Gasteiger charge is -2.07. The van der Waals surface area contributed by atoms with Gasteiger partial charge in [0, 0.05) is 11.1 Å². The Morgan fingerprint density at radius 2 is 2.13 bits per heavy atom. The van der Waals surface area contributed by atoms with E-state index in [9.17, 15) is 4.79 Å². The second-order valence-electron chi connectivity index (χ2n) is 3.69. The zero-order chi connectivity index (χ0) is 11.3. The number of Topliss-reactive ketones (excluding diaryl/α,β-unsaturated/α-hetero) is 1. The fraction of sp³-hybridized carbons (Fsp3) is 0.214. The highest BCUT2D eigenvalue weighted by Gasteiger charge is 2.11. The minimum Gasteiger partial charge on any atom is -0.289 e. The van der Waals surface area contributed by atoms with Gasteiger partial charge in [-0.1, -0.05) is 49.1 Å². The van der Waals surface area contributed by atoms with Gasteiger partial charge < -0.3 is 0 Å². The van der Waals surface area contributed by atoms with E-state index < -0.39 is 0 Å². The van der Waals surface area contributed by atoms with Crippen LogP contribution in [0, 0.1) is 0 Å². The molecule has 0 saturated heterocycles. The summed E-state index contributed by atoms with van der Waals surface area (Å²) in [4.78, 5) is 11.8. The molecule has 0 aromatic carbocycles. The van der Waals surface area contributed by atoms with Crippen molar-refractivity contribution in [2.24, 2.45) is 0 Å². The third kappa shape index (κ3) is 3.55. The van der Waals surface area contributed by atoms with Crippen LogP contribution in [0.3, 0.4) is 0 Å². The van der Waals surface area contributed by atoms with E-state index in [0.717, 1.165) is 24.0 Å². The van der Waals surface area contributed by atoms with Gasteiger partial charge in [-0.25, -0.2) is 0 Å². The van der Waals surface area contributed by atoms with Crippen LogP contribution in [0.25, 0.3) is 0 Å². The van der Waals surface area contributed by atoms with Crippen LogP contribution in [0.4, 0.5) is 0 Å². The Hall–Kier alpha value is -1.63. The Bertz CT molecular complexity index is 378. The van der Waals surface area contributed by atoms with Gasteiger partial charge in [-0.3, -0.25) is 4.79 Å². The molecule has 1 aliphatic rings. The smallest absolute Gasteiger partial charge is 0.188 e. The third-order valence-electron chi connectivity index (χ3n) is 2.17. The number of rotatable bonds is 4. The van der Waals surface area contributed by atoms with Crippen LogP contribution < -0.4 is 0 Å². The van der Waals surface area contributed by atoms with E-state index >= 15 is 0 Å². The summed E-state index contributed by atoms with van der Waals surface area (Å²) in [6.07, 6.45) is 11.1. The highest BCUT2D eigenvalue weighted by molar-refractivity contribution is 6.09. The fourth-order valence-electron chi connectivity index (χ4n) is 1.32. The van der Waals surface area contributed by atoms with Crippen LogP contribution in [0.5, 0.6) is 0 Å². The van der Waals surface area contributed by atoms with Crippen molar-refractivity contribution < 1.29 is 4.79 Å². The molecule has 0 fully saturated rings. The first-order chi connectivity index (χ1) is 7.11. The van der Waals surface area contributed by atoms with Crippen LogP contribution in [0.1, 0.15) is 19.8 Å². The van der Waals surface area contributed by atoms with Crippen molar-refractivity contribution in [3.63, 3.8) is 0 Å². The number of hydrogen-bond acceptors (Lipinski definition) is 1. The van der Waals surface area contributed by atoms with E-state index in [1.54, 1.807) is 12.2 Å². The average molecular weight is 200 g/mol. The minimum atomic E-state index is 0.0388. The summed E-state index contributed by atoms with van der Waals surface area (Å²) in [7, 11) is 0. The first-order valence-electron chi connectivity index (χ1n) is 5.04. The van der Waals surface area contributed by atoms with Crippen LogP contribution in [-0.4, -0.2) is 5.78 Å². The Labute approximate surface area is 91.2 Å². The van der Waals surface area contributed by atoms with Crippen molar-refractivity contribution in [3.05, 3.63) is 60.3 Å². The molecule has 0 heterocycles. The zero-order valence-corrected chi connectivity index (χ0v) is 9.12. The Kier molecular flexibility index (Phi) is 4.04. The van der Waals surface area contributed by atoms with E-state index in [1.165, 1.54) is 0 Å². The van der Waals surface area contributed by atoms with E-state index in [-0.39, 0.29) is 5.78 Å². The lowest BCUT2D eigenvalue weighted by Crippen LogP contribution is -2.05. The lowest BCUT2D eigenvalue weighted by molar-refractivity contribution is -0.112. The number of ketones is 1. The van der Waals surface area contributed by atoms with Gasteiger partial charge in [-0.05, 0) is 19.8 Å². The summed E-state index contributed by atoms with van der Waals surface area (Å²) in [6.45, 7) is 9.38. The highest BCUT2D eigenvalue weighted by Crippen LogP contribution is 2.16. The molecule has 0 atom stereocenters. The summed E-state index contributed by atoms with van der Waals surface area (Å²) in [5, 5.41) is 0. The number of carbonyl (C=O) groups is 1. The van der Waals surface area contributed by atoms with E-state index in [1.807, 2.05) is 19.1 Å². The van der Waals surface area contributed by atoms with Gasteiger partial charge >= 0.3 is 0 Å². The molecule has 1 rings (SSSR count). The molecule has 0 aromatic heterocycles. The molecule has 0 aromatic rings. The first kappa shape index (κ1) is 11.4. The van der Waals surface area contributed by atoms with E-state index in [0.29, 0.717) is 5.57 Å². The molecule has 0 aliphatic heterocycles. The second kappa shape index (κ2) is 5.30. The largest absolute Gasteiger partial charge is 0.289 e. The lowest BCUT2D eigenvalue weighted by atomic mass is 9.96. The maximum Gasteiger partial charge on any atom is 0.188 e. The predicted octanol–water partition coefficient (Wildman–Crippen LogP) is 3.52. The van der Waals surface area contributed by atoms with Gasteiger partial charge in [0.15, 0.2) is 5.78 Å². The van der Waals surface area contributed by atoms with Crippen molar-refractivity contribution in [3.8, 4) is 0 Å². The van der Waals surface area contributed by atoms with Crippen LogP contribution in [-0.2, 0) is 4.79 Å². The summed E-state index contributed by atoms with van der Waals surface area (Å²) < 4.78 is 0. The second-order valence-corrected chi connectivity index (χ2v) is 3.69. The van der Waals surface area contributed by atoms with Crippen molar-refractivity contribution in [2.45, 2.75) is 19.8 Å². The molecule has 0 radical (unpaired) electrons. The molecular weight excluding hydrogens is 184 g/mol. The molecule has 15 heavy (non-hydrogen) atoms. The van der Waals surface area contributed by atoms with Gasteiger partial charge in [0.1, 0.15) is 0 Å². The first-order valence-corrected chi connectivity index (χ1v) is 5.04. The molecule has 78 valence electrons. The average Bonchev–Trinajstić information content (AvgIpc) is 2.26. The van der Waals surface area contributed by atoms with Crippen molar-refractivity contribution in [2.75, 3.05) is 0 Å². The number of allylic oxidation sites excluding steroid dienone is 8. The molecular formula is C14H16O. The van der Waals surface area contributed by atoms with Crippen molar-refractivity contribution in [1.82, 2.24) is 0 Å². The van der Waals surface area contributed by atoms with Crippen LogP contribution >= 0.6 is 0 Å². The van der Waals surface area contributed by atoms with E-state index in [4.69, 9.17) is 0 Å². The van der Waals surface area contributed by atoms with Gasteiger partial charge in [0.05, 0.1) is 0 Å². The summed E-state index contributed by atoms with van der Waals surface area (Å²) in [5.74, 6) is 0.0388. The number of carbonyl (C=O) groups excluding carboxylic acids is 1. The van der Waals surface area contributed by atoms with E-state index in [2.05, 4.69) is 19.2 Å². The zero-order valence-electron chi connectivity index (χ0n) is 9.12. The Balaban J connectivity index is 2.68. The molecule has 1 aliphatic carbocycles. The SMILES string of the molecule is C=C(C)/C=C\C(=C)C(=O)C1=CC=CCC1. The van der Waals surface area contributed by atoms with Gasteiger partial charge in [0.25, 0.3) is 0 Å². The molecule has 0 amide bonds. The summed E-state index contributed by atoms with van der Waals surface area (Å²) >= 11 is 0. The summed E-state index contributed by atoms with van der Waals surface area (Å²) in [5.41, 5.74) is 2.29. The minimum absolute atomic E-state index is 0.0388. The van der Waals surface area contributed by atoms with Crippen molar-refractivity contribution >= 4 is 5.78 Å². The molecule has 0 unspecified atom stereocenters. The van der Waals surface area contributed by atoms with Crippen LogP contribution in [0.2, 0.25) is 0 Å². The quantitative estimate of drug-likeness (QED) is 0.501. The third-order valence-corrected chi connectivity index (χ3v) is 2.17. The number of hydrogen-bond donors (Lipinski definition) is 0. The molecule has 0 N–H and O–H groups in total. The maximum atomic E-state index is 11.8. The monoisotopic (exact) mass is 200 g/mol. The maximum absolute atomic E-state index is 11.8. The summed E-state index contributed by atoms with van der Waals surface area (Å²) in [6, 6.07) is 0. The van der Waals surface area contributed by atoms with Crippen LogP contribution in [0.15, 0.2) is 60.3 Å². The molecule has 0 spiro atoms. The normalized spacial score (nSPS) is 15.1. The van der Waals surface area contributed by atoms with Gasteiger partial charge in [-0.2, -0.15) is 0 Å².